The van der Waals surface area contributed by atoms with Crippen LogP contribution in [0.2, 0.25) is 0 Å². The summed E-state index contributed by atoms with van der Waals surface area (Å²) in [5.41, 5.74) is 12.1. The van der Waals surface area contributed by atoms with Gasteiger partial charge in [0.1, 0.15) is 23.0 Å². The number of ether oxygens (including phenoxy) is 2. The average Bonchev–Trinajstić information content (AvgIpc) is 2.99. The fourth-order valence-electron chi connectivity index (χ4n) is 3.59. The molecule has 4 rings (SSSR count). The summed E-state index contributed by atoms with van der Waals surface area (Å²) < 4.78 is 12.4. The molecule has 0 aliphatic heterocycles. The van der Waals surface area contributed by atoms with Crippen LogP contribution in [0, 0.1) is 13.8 Å². The molecule has 0 spiro atoms. The van der Waals surface area contributed by atoms with Crippen LogP contribution < -0.4 is 5.73 Å². The molecule has 7 heteroatoms. The van der Waals surface area contributed by atoms with Crippen LogP contribution in [0.25, 0.3) is 27.9 Å². The van der Waals surface area contributed by atoms with Gasteiger partial charge < -0.3 is 15.2 Å². The van der Waals surface area contributed by atoms with Crippen LogP contribution in [0.1, 0.15) is 28.4 Å². The van der Waals surface area contributed by atoms with Gasteiger partial charge in [-0.2, -0.15) is 0 Å². The topological polar surface area (TPSA) is 92.3 Å². The highest BCUT2D eigenvalue weighted by atomic mass is 16.6. The number of esters is 1. The molecule has 0 unspecified atom stereocenters. The van der Waals surface area contributed by atoms with Crippen molar-refractivity contribution >= 4 is 34.0 Å². The first-order valence-corrected chi connectivity index (χ1v) is 9.75. The van der Waals surface area contributed by atoms with Gasteiger partial charge in [-0.25, -0.2) is 14.8 Å². The molecule has 0 saturated carbocycles. The molecule has 154 valence electrons. The summed E-state index contributed by atoms with van der Waals surface area (Å²) in [6.45, 7) is 6.10. The maximum absolute atomic E-state index is 13.1. The van der Waals surface area contributed by atoms with Crippen molar-refractivity contribution in [1.29, 1.82) is 0 Å². The Morgan fingerprint density at radius 1 is 1.10 bits per heavy atom. The largest absolute Gasteiger partial charge is 0.456 e. The van der Waals surface area contributed by atoms with E-state index < -0.39 is 12.1 Å². The fraction of sp³-hybridized carbons (Fsp3) is 0.261. The van der Waals surface area contributed by atoms with Gasteiger partial charge in [0.05, 0.1) is 23.3 Å². The zero-order valence-corrected chi connectivity index (χ0v) is 17.5. The van der Waals surface area contributed by atoms with Crippen LogP contribution in [0.5, 0.6) is 0 Å². The van der Waals surface area contributed by atoms with Crippen molar-refractivity contribution in [2.75, 3.05) is 19.5 Å². The zero-order chi connectivity index (χ0) is 21.4. The molecule has 0 amide bonds. The van der Waals surface area contributed by atoms with Crippen molar-refractivity contribution in [2.24, 2.45) is 0 Å². The number of hydrogen-bond acceptors (Lipinski definition) is 6. The molecule has 0 fully saturated rings. The van der Waals surface area contributed by atoms with Gasteiger partial charge in [0.25, 0.3) is 0 Å². The first-order valence-electron chi connectivity index (χ1n) is 9.75. The van der Waals surface area contributed by atoms with Crippen LogP contribution >= 0.6 is 0 Å². The average molecular weight is 404 g/mol. The molecule has 2 N–H and O–H groups in total. The Kier molecular flexibility index (Phi) is 5.13. The highest BCUT2D eigenvalue weighted by molar-refractivity contribution is 6.09. The SMILES string of the molecule is COC[C@H](C)OC(=O)c1c(N)n(-c2cccc(C)c2C)c2nc3ccccc3nc12. The first-order chi connectivity index (χ1) is 14.4. The van der Waals surface area contributed by atoms with Crippen LogP contribution in [-0.2, 0) is 9.47 Å². The Bertz CT molecular complexity index is 1260. The maximum Gasteiger partial charge on any atom is 0.344 e. The lowest BCUT2D eigenvalue weighted by molar-refractivity contribution is 0.0123. The van der Waals surface area contributed by atoms with Crippen LogP contribution in [0.3, 0.4) is 0 Å². The minimum Gasteiger partial charge on any atom is -0.456 e. The van der Waals surface area contributed by atoms with Gasteiger partial charge in [0.15, 0.2) is 5.65 Å². The second kappa shape index (κ2) is 7.76. The number of fused-ring (bicyclic) bond motifs is 2. The molecule has 4 aromatic rings. The monoisotopic (exact) mass is 404 g/mol. The number of para-hydroxylation sites is 2. The number of aryl methyl sites for hydroxylation is 1. The molecular formula is C23H24N4O3. The first kappa shape index (κ1) is 19.8. The number of carbonyl (C=O) groups excluding carboxylic acids is 1. The lowest BCUT2D eigenvalue weighted by Gasteiger charge is -2.14. The van der Waals surface area contributed by atoms with E-state index in [4.69, 9.17) is 25.2 Å². The number of anilines is 1. The highest BCUT2D eigenvalue weighted by Crippen LogP contribution is 2.33. The van der Waals surface area contributed by atoms with Gasteiger partial charge in [-0.05, 0) is 50.1 Å². The molecule has 0 saturated heterocycles. The number of benzene rings is 2. The molecular weight excluding hydrogens is 380 g/mol. The van der Waals surface area contributed by atoms with E-state index in [-0.39, 0.29) is 18.0 Å². The Morgan fingerprint density at radius 3 is 2.50 bits per heavy atom. The second-order valence-corrected chi connectivity index (χ2v) is 7.37. The fourth-order valence-corrected chi connectivity index (χ4v) is 3.59. The summed E-state index contributed by atoms with van der Waals surface area (Å²) in [6, 6.07) is 13.5. The van der Waals surface area contributed by atoms with Gasteiger partial charge in [-0.1, -0.05) is 24.3 Å². The van der Waals surface area contributed by atoms with E-state index in [0.717, 1.165) is 22.3 Å². The van der Waals surface area contributed by atoms with E-state index in [2.05, 4.69) is 0 Å². The van der Waals surface area contributed by atoms with Gasteiger partial charge in [-0.3, -0.25) is 4.57 Å². The standard InChI is InChI=1S/C23H24N4O3/c1-13-8-7-11-18(15(13)3)27-21(24)19(23(28)30-14(2)12-29-4)20-22(27)26-17-10-6-5-9-16(17)25-20/h5-11,14H,12,24H2,1-4H3/t14-/m0/s1. The van der Waals surface area contributed by atoms with E-state index in [0.29, 0.717) is 16.7 Å². The number of hydrogen-bond donors (Lipinski definition) is 1. The van der Waals surface area contributed by atoms with Gasteiger partial charge in [-0.15, -0.1) is 0 Å². The molecule has 0 aliphatic carbocycles. The quantitative estimate of drug-likeness (QED) is 0.506. The zero-order valence-electron chi connectivity index (χ0n) is 17.5. The molecule has 1 atom stereocenters. The summed E-state index contributed by atoms with van der Waals surface area (Å²) >= 11 is 0. The predicted octanol–water partition coefficient (Wildman–Crippen LogP) is 3.96. The van der Waals surface area contributed by atoms with E-state index >= 15 is 0 Å². The van der Waals surface area contributed by atoms with E-state index in [1.54, 1.807) is 18.6 Å². The van der Waals surface area contributed by atoms with Crippen molar-refractivity contribution in [1.82, 2.24) is 14.5 Å². The molecule has 2 heterocycles. The molecule has 0 aliphatic rings. The minimum absolute atomic E-state index is 0.215. The smallest absolute Gasteiger partial charge is 0.344 e. The normalized spacial score (nSPS) is 12.4. The molecule has 0 radical (unpaired) electrons. The van der Waals surface area contributed by atoms with Crippen LogP contribution in [0.4, 0.5) is 5.82 Å². The Balaban J connectivity index is 2.02. The number of nitrogens with two attached hydrogens (primary N) is 1. The lowest BCUT2D eigenvalue weighted by atomic mass is 10.1. The third kappa shape index (κ3) is 3.27. The number of carbonyl (C=O) groups is 1. The van der Waals surface area contributed by atoms with E-state index in [9.17, 15) is 4.79 Å². The number of methoxy groups -OCH3 is 1. The Hall–Kier alpha value is -3.45. The third-order valence-corrected chi connectivity index (χ3v) is 5.23. The maximum atomic E-state index is 13.1. The van der Waals surface area contributed by atoms with Gasteiger partial charge in [0, 0.05) is 7.11 Å². The summed E-state index contributed by atoms with van der Waals surface area (Å²) in [6.07, 6.45) is -0.422. The summed E-state index contributed by atoms with van der Waals surface area (Å²) in [5, 5.41) is 0. The second-order valence-electron chi connectivity index (χ2n) is 7.37. The Morgan fingerprint density at radius 2 is 1.80 bits per heavy atom. The van der Waals surface area contributed by atoms with E-state index in [1.807, 2.05) is 56.3 Å². The summed E-state index contributed by atoms with van der Waals surface area (Å²) in [5.74, 6) is -0.292. The van der Waals surface area contributed by atoms with Crippen molar-refractivity contribution < 1.29 is 14.3 Å². The summed E-state index contributed by atoms with van der Waals surface area (Å²) in [7, 11) is 1.56. The number of nitrogens with zero attached hydrogens (tertiary/aromatic N) is 3. The van der Waals surface area contributed by atoms with Gasteiger partial charge >= 0.3 is 5.97 Å². The predicted molar refractivity (Wildman–Crippen MR) is 117 cm³/mol. The van der Waals surface area contributed by atoms with Crippen molar-refractivity contribution in [3.8, 4) is 5.69 Å². The van der Waals surface area contributed by atoms with Crippen molar-refractivity contribution in [3.63, 3.8) is 0 Å². The number of nitrogen functional groups attached to an aromatic ring is 1. The Labute approximate surface area is 174 Å². The molecule has 0 bridgehead atoms. The minimum atomic E-state index is -0.546. The van der Waals surface area contributed by atoms with Crippen molar-refractivity contribution in [3.05, 3.63) is 59.2 Å². The van der Waals surface area contributed by atoms with E-state index in [1.165, 1.54) is 0 Å². The number of rotatable bonds is 5. The molecule has 30 heavy (non-hydrogen) atoms. The van der Waals surface area contributed by atoms with Crippen LogP contribution in [0.15, 0.2) is 42.5 Å². The molecule has 2 aromatic carbocycles. The van der Waals surface area contributed by atoms with Crippen molar-refractivity contribution in [2.45, 2.75) is 26.9 Å². The molecule has 7 nitrogen and oxygen atoms in total. The molecule has 2 aromatic heterocycles. The van der Waals surface area contributed by atoms with Gasteiger partial charge in [0.2, 0.25) is 0 Å². The van der Waals surface area contributed by atoms with Crippen LogP contribution in [-0.4, -0.2) is 40.3 Å². The number of aromatic nitrogens is 3. The third-order valence-electron chi connectivity index (χ3n) is 5.23. The summed E-state index contributed by atoms with van der Waals surface area (Å²) in [4.78, 5) is 22.6. The lowest BCUT2D eigenvalue weighted by Crippen LogP contribution is -2.20. The highest BCUT2D eigenvalue weighted by Gasteiger charge is 2.27.